The number of carbonyl (C=O) groups excluding carboxylic acids is 1. The van der Waals surface area contributed by atoms with Crippen LogP contribution in [0.3, 0.4) is 0 Å². The van der Waals surface area contributed by atoms with Gasteiger partial charge >= 0.3 is 0 Å². The first-order valence-electron chi connectivity index (χ1n) is 9.30. The van der Waals surface area contributed by atoms with E-state index in [1.54, 1.807) is 16.8 Å². The highest BCUT2D eigenvalue weighted by Crippen LogP contribution is 2.49. The Morgan fingerprint density at radius 3 is 2.93 bits per heavy atom. The molecule has 0 bridgehead atoms. The van der Waals surface area contributed by atoms with Gasteiger partial charge in [0.2, 0.25) is 0 Å². The number of hydrogen-bond acceptors (Lipinski definition) is 5. The van der Waals surface area contributed by atoms with E-state index in [4.69, 9.17) is 11.6 Å². The summed E-state index contributed by atoms with van der Waals surface area (Å²) >= 11 is 6.45. The van der Waals surface area contributed by atoms with Crippen LogP contribution in [-0.4, -0.2) is 20.4 Å². The maximum atomic E-state index is 13.4. The van der Waals surface area contributed by atoms with Gasteiger partial charge in [0.15, 0.2) is 0 Å². The summed E-state index contributed by atoms with van der Waals surface area (Å²) in [5.74, 6) is 0.559. The van der Waals surface area contributed by atoms with Gasteiger partial charge in [0.1, 0.15) is 29.2 Å². The van der Waals surface area contributed by atoms with E-state index >= 15 is 0 Å². The number of pyridine rings is 1. The van der Waals surface area contributed by atoms with E-state index in [0.29, 0.717) is 11.5 Å². The van der Waals surface area contributed by atoms with Crippen LogP contribution in [0, 0.1) is 11.8 Å². The molecule has 3 heterocycles. The Morgan fingerprint density at radius 2 is 2.22 bits per heavy atom. The van der Waals surface area contributed by atoms with E-state index in [2.05, 4.69) is 34.4 Å². The van der Waals surface area contributed by atoms with Gasteiger partial charge < -0.3 is 10.6 Å². The summed E-state index contributed by atoms with van der Waals surface area (Å²) < 4.78 is 1.61. The maximum absolute atomic E-state index is 13.4. The van der Waals surface area contributed by atoms with Gasteiger partial charge in [-0.05, 0) is 37.3 Å². The zero-order chi connectivity index (χ0) is 19.2. The minimum atomic E-state index is -0.716. The molecule has 2 aliphatic rings. The smallest absolute Gasteiger partial charge is 0.276 e. The van der Waals surface area contributed by atoms with Crippen molar-refractivity contribution in [3.05, 3.63) is 45.7 Å². The third-order valence-corrected chi connectivity index (χ3v) is 6.15. The fourth-order valence-electron chi connectivity index (χ4n) is 4.67. The van der Waals surface area contributed by atoms with Crippen molar-refractivity contribution in [2.75, 3.05) is 5.32 Å². The number of aromatic nitrogens is 3. The van der Waals surface area contributed by atoms with Gasteiger partial charge in [0.25, 0.3) is 11.5 Å². The van der Waals surface area contributed by atoms with Crippen LogP contribution < -0.4 is 16.2 Å². The van der Waals surface area contributed by atoms with E-state index in [1.165, 1.54) is 12.4 Å². The standard InChI is InChI=1S/C19H22ClN5O2/c1-3-4-12-6-5-11(2)19(12)24-17(26)16-13(20)9-14(18(27)25(16)19)23-15-7-8-21-10-22-15/h7-12H,3-6H2,1-2H3,(H,24,26)(H,21,22,23). The summed E-state index contributed by atoms with van der Waals surface area (Å²) in [4.78, 5) is 34.2. The Labute approximate surface area is 162 Å². The average molecular weight is 388 g/mol. The lowest BCUT2D eigenvalue weighted by Crippen LogP contribution is -2.54. The van der Waals surface area contributed by atoms with Gasteiger partial charge in [-0.2, -0.15) is 0 Å². The molecule has 0 radical (unpaired) electrons. The Balaban J connectivity index is 1.90. The number of carbonyl (C=O) groups is 1. The molecule has 3 atom stereocenters. The third kappa shape index (κ3) is 2.64. The molecule has 8 heteroatoms. The van der Waals surface area contributed by atoms with Gasteiger partial charge in [-0.1, -0.05) is 31.9 Å². The van der Waals surface area contributed by atoms with Crippen molar-refractivity contribution in [1.82, 2.24) is 19.9 Å². The first-order valence-corrected chi connectivity index (χ1v) is 9.68. The minimum absolute atomic E-state index is 0.141. The lowest BCUT2D eigenvalue weighted by Gasteiger charge is -2.37. The normalized spacial score (nSPS) is 26.3. The molecule has 7 nitrogen and oxygen atoms in total. The molecular weight excluding hydrogens is 366 g/mol. The number of anilines is 2. The predicted molar refractivity (Wildman–Crippen MR) is 103 cm³/mol. The molecule has 1 saturated carbocycles. The lowest BCUT2D eigenvalue weighted by molar-refractivity contribution is 0.0784. The largest absolute Gasteiger partial charge is 0.336 e. The molecule has 27 heavy (non-hydrogen) atoms. The van der Waals surface area contributed by atoms with E-state index in [1.807, 2.05) is 0 Å². The fourth-order valence-corrected chi connectivity index (χ4v) is 4.95. The zero-order valence-corrected chi connectivity index (χ0v) is 16.1. The van der Waals surface area contributed by atoms with Gasteiger partial charge in [-0.25, -0.2) is 9.97 Å². The van der Waals surface area contributed by atoms with Crippen LogP contribution >= 0.6 is 11.6 Å². The number of nitrogens with zero attached hydrogens (tertiary/aromatic N) is 3. The summed E-state index contributed by atoms with van der Waals surface area (Å²) in [6.45, 7) is 4.22. The molecule has 1 spiro atoms. The summed E-state index contributed by atoms with van der Waals surface area (Å²) in [6, 6.07) is 3.17. The highest BCUT2D eigenvalue weighted by Gasteiger charge is 2.56. The van der Waals surface area contributed by atoms with Crippen LogP contribution in [0.2, 0.25) is 5.02 Å². The summed E-state index contributed by atoms with van der Waals surface area (Å²) in [5, 5.41) is 6.42. The molecule has 2 aromatic rings. The molecular formula is C19H22ClN5O2. The molecule has 0 saturated heterocycles. The van der Waals surface area contributed by atoms with Gasteiger partial charge in [0, 0.05) is 12.1 Å². The summed E-state index contributed by atoms with van der Waals surface area (Å²) in [6.07, 6.45) is 6.85. The number of hydrogen-bond donors (Lipinski definition) is 2. The molecule has 3 unspecified atom stereocenters. The monoisotopic (exact) mass is 387 g/mol. The number of rotatable bonds is 4. The van der Waals surface area contributed by atoms with Crippen molar-refractivity contribution in [3.63, 3.8) is 0 Å². The molecule has 142 valence electrons. The molecule has 1 amide bonds. The second-order valence-electron chi connectivity index (χ2n) is 7.36. The Hall–Kier alpha value is -2.41. The lowest BCUT2D eigenvalue weighted by atomic mass is 9.87. The molecule has 0 aromatic carbocycles. The molecule has 2 N–H and O–H groups in total. The topological polar surface area (TPSA) is 88.9 Å². The maximum Gasteiger partial charge on any atom is 0.276 e. The number of nitrogens with one attached hydrogen (secondary N) is 2. The van der Waals surface area contributed by atoms with Gasteiger partial charge in [-0.3, -0.25) is 14.2 Å². The fraction of sp³-hybridized carbons (Fsp3) is 0.474. The highest BCUT2D eigenvalue weighted by molar-refractivity contribution is 6.34. The Morgan fingerprint density at radius 1 is 1.41 bits per heavy atom. The predicted octanol–water partition coefficient (Wildman–Crippen LogP) is 3.28. The third-order valence-electron chi connectivity index (χ3n) is 5.86. The van der Waals surface area contributed by atoms with E-state index < -0.39 is 5.66 Å². The van der Waals surface area contributed by atoms with Gasteiger partial charge in [-0.15, -0.1) is 0 Å². The van der Waals surface area contributed by atoms with Crippen LogP contribution in [0.25, 0.3) is 0 Å². The van der Waals surface area contributed by atoms with E-state index in [0.717, 1.165) is 25.7 Å². The highest BCUT2D eigenvalue weighted by atomic mass is 35.5. The second kappa shape index (κ2) is 6.64. The van der Waals surface area contributed by atoms with Crippen molar-refractivity contribution >= 4 is 29.0 Å². The van der Waals surface area contributed by atoms with Gasteiger partial charge in [0.05, 0.1) is 5.02 Å². The first-order chi connectivity index (χ1) is 13.0. The number of fused-ring (bicyclic) bond motifs is 2. The van der Waals surface area contributed by atoms with Crippen molar-refractivity contribution in [1.29, 1.82) is 0 Å². The molecule has 1 fully saturated rings. The van der Waals surface area contributed by atoms with E-state index in [-0.39, 0.29) is 34.0 Å². The molecule has 2 aromatic heterocycles. The SMILES string of the molecule is CCCC1CCC(C)C12NC(=O)c1c(Cl)cc(Nc3ccncn3)c(=O)n12. The number of amides is 1. The van der Waals surface area contributed by atoms with E-state index in [9.17, 15) is 9.59 Å². The van der Waals surface area contributed by atoms with Crippen molar-refractivity contribution < 1.29 is 4.79 Å². The van der Waals surface area contributed by atoms with Crippen LogP contribution in [0.1, 0.15) is 50.0 Å². The van der Waals surface area contributed by atoms with Crippen molar-refractivity contribution in [2.45, 2.75) is 45.2 Å². The zero-order valence-electron chi connectivity index (χ0n) is 15.3. The van der Waals surface area contributed by atoms with Crippen LogP contribution in [0.15, 0.2) is 29.5 Å². The molecule has 1 aliphatic heterocycles. The van der Waals surface area contributed by atoms with Crippen molar-refractivity contribution in [2.24, 2.45) is 11.8 Å². The second-order valence-corrected chi connectivity index (χ2v) is 7.77. The first kappa shape index (κ1) is 18.0. The van der Waals surface area contributed by atoms with Crippen LogP contribution in [0.4, 0.5) is 11.5 Å². The van der Waals surface area contributed by atoms with Crippen molar-refractivity contribution in [3.8, 4) is 0 Å². The van der Waals surface area contributed by atoms with Crippen LogP contribution in [-0.2, 0) is 5.66 Å². The number of halogens is 1. The summed E-state index contributed by atoms with van der Waals surface area (Å²) in [5.41, 5.74) is -0.425. The molecule has 4 rings (SSSR count). The molecule has 1 aliphatic carbocycles. The average Bonchev–Trinajstić information content (AvgIpc) is 3.13. The summed E-state index contributed by atoms with van der Waals surface area (Å²) in [7, 11) is 0. The Bertz CT molecular complexity index is 943. The van der Waals surface area contributed by atoms with Crippen LogP contribution in [0.5, 0.6) is 0 Å². The quantitative estimate of drug-likeness (QED) is 0.840. The minimum Gasteiger partial charge on any atom is -0.336 e. The Kier molecular flexibility index (Phi) is 4.42.